The maximum absolute atomic E-state index is 12.2. The van der Waals surface area contributed by atoms with Crippen LogP contribution in [0.1, 0.15) is 47.2 Å². The number of likely N-dealkylation sites (tertiary alicyclic amines) is 1. The van der Waals surface area contributed by atoms with E-state index in [1.165, 1.54) is 6.33 Å². The molecule has 1 amide bonds. The maximum atomic E-state index is 12.2. The number of nitrogens with zero attached hydrogens (tertiary/aromatic N) is 2. The van der Waals surface area contributed by atoms with E-state index in [2.05, 4.69) is 9.97 Å². The van der Waals surface area contributed by atoms with Gasteiger partial charge in [0.05, 0.1) is 6.33 Å². The van der Waals surface area contributed by atoms with Gasteiger partial charge in [0, 0.05) is 12.6 Å². The quantitative estimate of drug-likeness (QED) is 0.807. The number of rotatable bonds is 2. The zero-order chi connectivity index (χ0) is 12.4. The first kappa shape index (κ1) is 11.6. The maximum Gasteiger partial charge on any atom is 0.354 e. The highest BCUT2D eigenvalue weighted by Crippen LogP contribution is 2.19. The van der Waals surface area contributed by atoms with Crippen LogP contribution in [-0.2, 0) is 0 Å². The van der Waals surface area contributed by atoms with Gasteiger partial charge in [0.25, 0.3) is 5.91 Å². The van der Waals surface area contributed by atoms with Crippen molar-refractivity contribution in [2.45, 2.75) is 32.2 Å². The van der Waals surface area contributed by atoms with E-state index < -0.39 is 5.97 Å². The Balaban J connectivity index is 2.24. The van der Waals surface area contributed by atoms with Crippen molar-refractivity contribution in [3.8, 4) is 0 Å². The fraction of sp³-hybridized carbons (Fsp3) is 0.545. The molecule has 0 saturated carbocycles. The Morgan fingerprint density at radius 3 is 2.94 bits per heavy atom. The molecule has 1 atom stereocenters. The van der Waals surface area contributed by atoms with Crippen molar-refractivity contribution in [1.29, 1.82) is 0 Å². The average molecular weight is 237 g/mol. The molecule has 2 heterocycles. The van der Waals surface area contributed by atoms with E-state index in [0.29, 0.717) is 6.54 Å². The number of nitrogens with one attached hydrogen (secondary N) is 1. The predicted molar refractivity (Wildman–Crippen MR) is 59.9 cm³/mol. The molecule has 1 fully saturated rings. The largest absolute Gasteiger partial charge is 0.477 e. The lowest BCUT2D eigenvalue weighted by molar-refractivity contribution is 0.0607. The van der Waals surface area contributed by atoms with E-state index in [0.717, 1.165) is 19.3 Å². The highest BCUT2D eigenvalue weighted by atomic mass is 16.4. The second-order valence-corrected chi connectivity index (χ2v) is 4.27. The molecule has 2 rings (SSSR count). The van der Waals surface area contributed by atoms with Crippen LogP contribution in [0.4, 0.5) is 0 Å². The van der Waals surface area contributed by atoms with Gasteiger partial charge >= 0.3 is 5.97 Å². The van der Waals surface area contributed by atoms with Crippen LogP contribution in [0, 0.1) is 0 Å². The van der Waals surface area contributed by atoms with Crippen LogP contribution in [0.2, 0.25) is 0 Å². The lowest BCUT2D eigenvalue weighted by Gasteiger charge is -2.32. The van der Waals surface area contributed by atoms with E-state index in [1.807, 2.05) is 6.92 Å². The van der Waals surface area contributed by atoms with Gasteiger partial charge in [-0.15, -0.1) is 0 Å². The fourth-order valence-corrected chi connectivity index (χ4v) is 2.16. The summed E-state index contributed by atoms with van der Waals surface area (Å²) in [5, 5.41) is 8.93. The Kier molecular flexibility index (Phi) is 3.12. The minimum Gasteiger partial charge on any atom is -0.477 e. The first-order valence-electron chi connectivity index (χ1n) is 5.69. The van der Waals surface area contributed by atoms with Crippen LogP contribution < -0.4 is 0 Å². The summed E-state index contributed by atoms with van der Waals surface area (Å²) in [6.07, 6.45) is 4.27. The summed E-state index contributed by atoms with van der Waals surface area (Å²) >= 11 is 0. The van der Waals surface area contributed by atoms with Gasteiger partial charge in [-0.25, -0.2) is 9.78 Å². The molecule has 0 aromatic carbocycles. The van der Waals surface area contributed by atoms with Crippen LogP contribution in [0.25, 0.3) is 0 Å². The number of H-pyrrole nitrogens is 1. The number of carboxylic acid groups (broad SMARTS) is 1. The second-order valence-electron chi connectivity index (χ2n) is 4.27. The van der Waals surface area contributed by atoms with E-state index in [9.17, 15) is 9.59 Å². The summed E-state index contributed by atoms with van der Waals surface area (Å²) < 4.78 is 0. The number of carbonyl (C=O) groups is 2. The number of amides is 1. The molecule has 1 aromatic rings. The van der Waals surface area contributed by atoms with Crippen molar-refractivity contribution in [1.82, 2.24) is 14.9 Å². The van der Waals surface area contributed by atoms with Crippen molar-refractivity contribution >= 4 is 11.9 Å². The minimum absolute atomic E-state index is 0.00579. The van der Waals surface area contributed by atoms with Crippen LogP contribution in [-0.4, -0.2) is 44.4 Å². The van der Waals surface area contributed by atoms with Gasteiger partial charge in [0.1, 0.15) is 0 Å². The van der Waals surface area contributed by atoms with Crippen LogP contribution in [0.3, 0.4) is 0 Å². The summed E-state index contributed by atoms with van der Waals surface area (Å²) in [6, 6.07) is 0.148. The van der Waals surface area contributed by atoms with E-state index in [1.54, 1.807) is 4.90 Å². The molecule has 0 bridgehead atoms. The molecule has 17 heavy (non-hydrogen) atoms. The third-order valence-electron chi connectivity index (χ3n) is 3.12. The Bertz CT molecular complexity index is 441. The standard InChI is InChI=1S/C11H15N3O3/c1-7-4-2-3-5-14(7)10(15)8-9(11(16)17)13-6-12-8/h6-7H,2-5H2,1H3,(H,12,13)(H,16,17). The Labute approximate surface area is 98.7 Å². The Hall–Kier alpha value is -1.85. The highest BCUT2D eigenvalue weighted by molar-refractivity contribution is 6.02. The van der Waals surface area contributed by atoms with Gasteiger partial charge < -0.3 is 15.0 Å². The monoisotopic (exact) mass is 237 g/mol. The topological polar surface area (TPSA) is 86.3 Å². The molecule has 2 N–H and O–H groups in total. The van der Waals surface area contributed by atoms with Crippen LogP contribution in [0.15, 0.2) is 6.33 Å². The number of piperidine rings is 1. The zero-order valence-electron chi connectivity index (χ0n) is 9.64. The van der Waals surface area contributed by atoms with Gasteiger partial charge in [0.2, 0.25) is 0 Å². The van der Waals surface area contributed by atoms with Crippen molar-refractivity contribution < 1.29 is 14.7 Å². The van der Waals surface area contributed by atoms with Gasteiger partial charge in [-0.05, 0) is 26.2 Å². The molecule has 6 heteroatoms. The lowest BCUT2D eigenvalue weighted by Crippen LogP contribution is -2.42. The summed E-state index contributed by atoms with van der Waals surface area (Å²) in [5.41, 5.74) is -0.126. The first-order chi connectivity index (χ1) is 8.11. The molecule has 1 saturated heterocycles. The third kappa shape index (κ3) is 2.15. The zero-order valence-corrected chi connectivity index (χ0v) is 9.64. The highest BCUT2D eigenvalue weighted by Gasteiger charge is 2.29. The number of hydrogen-bond acceptors (Lipinski definition) is 3. The normalized spacial score (nSPS) is 20.3. The first-order valence-corrected chi connectivity index (χ1v) is 5.69. The molecular formula is C11H15N3O3. The number of aromatic nitrogens is 2. The third-order valence-corrected chi connectivity index (χ3v) is 3.12. The van der Waals surface area contributed by atoms with Gasteiger partial charge in [-0.1, -0.05) is 0 Å². The number of imidazole rings is 1. The number of hydrogen-bond donors (Lipinski definition) is 2. The number of carboxylic acids is 1. The molecule has 1 aliphatic rings. The van der Waals surface area contributed by atoms with Crippen molar-refractivity contribution in [2.75, 3.05) is 6.54 Å². The average Bonchev–Trinajstić information content (AvgIpc) is 2.77. The van der Waals surface area contributed by atoms with E-state index in [-0.39, 0.29) is 23.3 Å². The smallest absolute Gasteiger partial charge is 0.354 e. The summed E-state index contributed by atoms with van der Waals surface area (Å²) in [5.74, 6) is -1.45. The molecule has 0 radical (unpaired) electrons. The second kappa shape index (κ2) is 4.57. The van der Waals surface area contributed by atoms with E-state index in [4.69, 9.17) is 5.11 Å². The van der Waals surface area contributed by atoms with Crippen molar-refractivity contribution in [3.05, 3.63) is 17.7 Å². The van der Waals surface area contributed by atoms with Gasteiger partial charge in [0.15, 0.2) is 11.4 Å². The SMILES string of the molecule is CC1CCCCN1C(=O)c1nc[nH]c1C(=O)O. The molecule has 0 aliphatic carbocycles. The summed E-state index contributed by atoms with van der Waals surface area (Å²) in [6.45, 7) is 2.65. The Morgan fingerprint density at radius 1 is 1.53 bits per heavy atom. The summed E-state index contributed by atoms with van der Waals surface area (Å²) in [4.78, 5) is 31.1. The lowest BCUT2D eigenvalue weighted by atomic mass is 10.0. The molecule has 6 nitrogen and oxygen atoms in total. The van der Waals surface area contributed by atoms with Crippen molar-refractivity contribution in [2.24, 2.45) is 0 Å². The predicted octanol–water partition coefficient (Wildman–Crippen LogP) is 1.12. The number of carbonyl (C=O) groups excluding carboxylic acids is 1. The molecule has 1 aromatic heterocycles. The molecule has 1 unspecified atom stereocenters. The van der Waals surface area contributed by atoms with Gasteiger partial charge in [-0.3, -0.25) is 4.79 Å². The van der Waals surface area contributed by atoms with Crippen LogP contribution in [0.5, 0.6) is 0 Å². The fourth-order valence-electron chi connectivity index (χ4n) is 2.16. The van der Waals surface area contributed by atoms with Gasteiger partial charge in [-0.2, -0.15) is 0 Å². The Morgan fingerprint density at radius 2 is 2.29 bits per heavy atom. The summed E-state index contributed by atoms with van der Waals surface area (Å²) in [7, 11) is 0. The number of aromatic amines is 1. The van der Waals surface area contributed by atoms with Crippen LogP contribution >= 0.6 is 0 Å². The molecular weight excluding hydrogens is 222 g/mol. The van der Waals surface area contributed by atoms with E-state index >= 15 is 0 Å². The molecule has 92 valence electrons. The molecule has 1 aliphatic heterocycles. The minimum atomic E-state index is -1.16. The molecule has 0 spiro atoms. The van der Waals surface area contributed by atoms with Crippen molar-refractivity contribution in [3.63, 3.8) is 0 Å². The number of aromatic carboxylic acids is 1.